The molecule has 1 aromatic carbocycles. The van der Waals surface area contributed by atoms with Gasteiger partial charge in [0.05, 0.1) is 18.8 Å². The molecular formula is C15H24ClN3O2. The molecule has 6 heteroatoms. The first kappa shape index (κ1) is 17.8. The summed E-state index contributed by atoms with van der Waals surface area (Å²) in [5.41, 5.74) is 0.743. The molecule has 0 spiro atoms. The number of rotatable bonds is 5. The predicted molar refractivity (Wildman–Crippen MR) is 87.4 cm³/mol. The molecule has 0 bridgehead atoms. The number of halogens is 1. The van der Waals surface area contributed by atoms with Crippen molar-refractivity contribution in [2.75, 3.05) is 44.6 Å². The Morgan fingerprint density at radius 3 is 2.95 bits per heavy atom. The zero-order valence-corrected chi connectivity index (χ0v) is 13.2. The molecule has 1 saturated heterocycles. The van der Waals surface area contributed by atoms with Gasteiger partial charge in [-0.15, -0.1) is 12.4 Å². The molecule has 1 amide bonds. The monoisotopic (exact) mass is 313 g/mol. The van der Waals surface area contributed by atoms with Crippen molar-refractivity contribution < 1.29 is 9.53 Å². The molecule has 0 aromatic heterocycles. The molecule has 1 aliphatic heterocycles. The number of benzene rings is 1. The second kappa shape index (κ2) is 9.60. The standard InChI is InChI=1S/C15H23N3O2.ClH/c1-2-20-14-7-4-3-6-13(14)17-15(19)12-18-10-5-8-16-9-11-18;/h3-4,6-7,16H,2,5,8-12H2,1H3,(H,17,19);1H. The topological polar surface area (TPSA) is 53.6 Å². The lowest BCUT2D eigenvalue weighted by atomic mass is 10.3. The number of nitrogens with one attached hydrogen (secondary N) is 2. The van der Waals surface area contributed by atoms with Gasteiger partial charge in [-0.1, -0.05) is 12.1 Å². The number of carbonyl (C=O) groups excluding carboxylic acids is 1. The van der Waals surface area contributed by atoms with E-state index in [1.165, 1.54) is 0 Å². The number of ether oxygens (including phenoxy) is 1. The summed E-state index contributed by atoms with van der Waals surface area (Å²) in [4.78, 5) is 14.3. The van der Waals surface area contributed by atoms with E-state index in [-0.39, 0.29) is 18.3 Å². The van der Waals surface area contributed by atoms with Gasteiger partial charge in [0, 0.05) is 13.1 Å². The lowest BCUT2D eigenvalue weighted by molar-refractivity contribution is -0.117. The molecule has 1 heterocycles. The van der Waals surface area contributed by atoms with Crippen molar-refractivity contribution in [2.45, 2.75) is 13.3 Å². The third kappa shape index (κ3) is 5.91. The van der Waals surface area contributed by atoms with Crippen LogP contribution in [0.15, 0.2) is 24.3 Å². The summed E-state index contributed by atoms with van der Waals surface area (Å²) in [7, 11) is 0. The minimum atomic E-state index is 0. The highest BCUT2D eigenvalue weighted by atomic mass is 35.5. The molecule has 2 N–H and O–H groups in total. The van der Waals surface area contributed by atoms with Crippen molar-refractivity contribution >= 4 is 24.0 Å². The lowest BCUT2D eigenvalue weighted by Gasteiger charge is -2.19. The second-order valence-electron chi connectivity index (χ2n) is 4.86. The fourth-order valence-corrected chi connectivity index (χ4v) is 2.30. The van der Waals surface area contributed by atoms with Gasteiger partial charge in [-0.3, -0.25) is 9.69 Å². The van der Waals surface area contributed by atoms with Gasteiger partial charge in [0.1, 0.15) is 5.75 Å². The zero-order valence-electron chi connectivity index (χ0n) is 12.4. The average Bonchev–Trinajstić information content (AvgIpc) is 2.70. The molecule has 0 aliphatic carbocycles. The van der Waals surface area contributed by atoms with Crippen molar-refractivity contribution in [1.82, 2.24) is 10.2 Å². The number of nitrogens with zero attached hydrogens (tertiary/aromatic N) is 1. The van der Waals surface area contributed by atoms with E-state index < -0.39 is 0 Å². The van der Waals surface area contributed by atoms with E-state index in [1.54, 1.807) is 0 Å². The summed E-state index contributed by atoms with van der Waals surface area (Å²) in [6, 6.07) is 7.54. The molecule has 1 aliphatic rings. The molecule has 1 aromatic rings. The van der Waals surface area contributed by atoms with Crippen molar-refractivity contribution in [2.24, 2.45) is 0 Å². The van der Waals surface area contributed by atoms with Gasteiger partial charge < -0.3 is 15.4 Å². The first-order chi connectivity index (χ1) is 9.79. The Hall–Kier alpha value is -1.30. The Bertz CT molecular complexity index is 435. The van der Waals surface area contributed by atoms with E-state index in [0.29, 0.717) is 13.2 Å². The molecule has 2 rings (SSSR count). The predicted octanol–water partition coefficient (Wildman–Crippen LogP) is 1.74. The first-order valence-electron chi connectivity index (χ1n) is 7.24. The van der Waals surface area contributed by atoms with Crippen molar-refractivity contribution in [3.05, 3.63) is 24.3 Å². The summed E-state index contributed by atoms with van der Waals surface area (Å²) >= 11 is 0. The Morgan fingerprint density at radius 1 is 1.33 bits per heavy atom. The van der Waals surface area contributed by atoms with Crippen LogP contribution in [0, 0.1) is 0 Å². The van der Waals surface area contributed by atoms with Crippen LogP contribution in [0.1, 0.15) is 13.3 Å². The van der Waals surface area contributed by atoms with Gasteiger partial charge in [-0.25, -0.2) is 0 Å². The minimum Gasteiger partial charge on any atom is -0.492 e. The normalized spacial score (nSPS) is 15.7. The molecule has 5 nitrogen and oxygen atoms in total. The Balaban J connectivity index is 0.00000220. The van der Waals surface area contributed by atoms with Gasteiger partial charge in [0.15, 0.2) is 0 Å². The number of hydrogen-bond acceptors (Lipinski definition) is 4. The third-order valence-corrected chi connectivity index (χ3v) is 3.26. The van der Waals surface area contributed by atoms with Crippen LogP contribution in [0.5, 0.6) is 5.75 Å². The van der Waals surface area contributed by atoms with E-state index in [0.717, 1.165) is 44.0 Å². The SMILES string of the molecule is CCOc1ccccc1NC(=O)CN1CCCNCC1.Cl. The van der Waals surface area contributed by atoms with E-state index >= 15 is 0 Å². The van der Waals surface area contributed by atoms with Crippen LogP contribution >= 0.6 is 12.4 Å². The molecule has 21 heavy (non-hydrogen) atoms. The summed E-state index contributed by atoms with van der Waals surface area (Å²) in [6.07, 6.45) is 1.09. The molecule has 0 saturated carbocycles. The molecule has 118 valence electrons. The van der Waals surface area contributed by atoms with Crippen LogP contribution in [-0.4, -0.2) is 50.1 Å². The van der Waals surface area contributed by atoms with Crippen LogP contribution in [0.4, 0.5) is 5.69 Å². The summed E-state index contributed by atoms with van der Waals surface area (Å²) in [5, 5.41) is 6.27. The van der Waals surface area contributed by atoms with Crippen LogP contribution in [0.3, 0.4) is 0 Å². The number of hydrogen-bond donors (Lipinski definition) is 2. The molecular weight excluding hydrogens is 290 g/mol. The highest BCUT2D eigenvalue weighted by Crippen LogP contribution is 2.23. The maximum absolute atomic E-state index is 12.1. The highest BCUT2D eigenvalue weighted by molar-refractivity contribution is 5.93. The Labute approximate surface area is 132 Å². The summed E-state index contributed by atoms with van der Waals surface area (Å²) < 4.78 is 5.51. The van der Waals surface area contributed by atoms with Crippen molar-refractivity contribution in [1.29, 1.82) is 0 Å². The Kier molecular flexibility index (Phi) is 8.12. The van der Waals surface area contributed by atoms with E-state index in [2.05, 4.69) is 15.5 Å². The largest absolute Gasteiger partial charge is 0.492 e. The van der Waals surface area contributed by atoms with Gasteiger partial charge in [0.25, 0.3) is 0 Å². The van der Waals surface area contributed by atoms with E-state index in [1.807, 2.05) is 31.2 Å². The third-order valence-electron chi connectivity index (χ3n) is 3.26. The number of para-hydroxylation sites is 2. The van der Waals surface area contributed by atoms with E-state index in [9.17, 15) is 4.79 Å². The smallest absolute Gasteiger partial charge is 0.238 e. The van der Waals surface area contributed by atoms with Crippen LogP contribution in [-0.2, 0) is 4.79 Å². The van der Waals surface area contributed by atoms with Crippen molar-refractivity contribution in [3.63, 3.8) is 0 Å². The highest BCUT2D eigenvalue weighted by Gasteiger charge is 2.14. The van der Waals surface area contributed by atoms with Gasteiger partial charge in [-0.05, 0) is 38.6 Å². The van der Waals surface area contributed by atoms with Crippen LogP contribution in [0.2, 0.25) is 0 Å². The fraction of sp³-hybridized carbons (Fsp3) is 0.533. The van der Waals surface area contributed by atoms with E-state index in [4.69, 9.17) is 4.74 Å². The molecule has 0 unspecified atom stereocenters. The number of anilines is 1. The number of amides is 1. The average molecular weight is 314 g/mol. The van der Waals surface area contributed by atoms with Crippen LogP contribution in [0.25, 0.3) is 0 Å². The Morgan fingerprint density at radius 2 is 2.14 bits per heavy atom. The number of carbonyl (C=O) groups is 1. The fourth-order valence-electron chi connectivity index (χ4n) is 2.30. The van der Waals surface area contributed by atoms with Crippen molar-refractivity contribution in [3.8, 4) is 5.75 Å². The quantitative estimate of drug-likeness (QED) is 0.869. The zero-order chi connectivity index (χ0) is 14.2. The van der Waals surface area contributed by atoms with Gasteiger partial charge >= 0.3 is 0 Å². The molecule has 1 fully saturated rings. The second-order valence-corrected chi connectivity index (χ2v) is 4.86. The summed E-state index contributed by atoms with van der Waals surface area (Å²) in [5.74, 6) is 0.736. The lowest BCUT2D eigenvalue weighted by Crippen LogP contribution is -2.35. The molecule has 0 radical (unpaired) electrons. The summed E-state index contributed by atoms with van der Waals surface area (Å²) in [6.45, 7) is 6.82. The maximum atomic E-state index is 12.1. The minimum absolute atomic E-state index is 0. The maximum Gasteiger partial charge on any atom is 0.238 e. The van der Waals surface area contributed by atoms with Gasteiger partial charge in [-0.2, -0.15) is 0 Å². The molecule has 0 atom stereocenters. The van der Waals surface area contributed by atoms with Gasteiger partial charge in [0.2, 0.25) is 5.91 Å². The first-order valence-corrected chi connectivity index (χ1v) is 7.24. The van der Waals surface area contributed by atoms with Crippen LogP contribution < -0.4 is 15.4 Å².